The van der Waals surface area contributed by atoms with Gasteiger partial charge in [-0.3, -0.25) is 4.79 Å². The van der Waals surface area contributed by atoms with E-state index in [2.05, 4.69) is 10.3 Å². The summed E-state index contributed by atoms with van der Waals surface area (Å²) in [4.78, 5) is 16.3. The van der Waals surface area contributed by atoms with E-state index in [9.17, 15) is 4.79 Å². The zero-order valence-corrected chi connectivity index (χ0v) is 13.9. The average molecular weight is 342 g/mol. The fourth-order valence-corrected chi connectivity index (χ4v) is 2.29. The van der Waals surface area contributed by atoms with Gasteiger partial charge >= 0.3 is 0 Å². The number of hydrogen-bond donors (Lipinski definition) is 1. The molecule has 0 aliphatic heterocycles. The number of benzene rings is 1. The van der Waals surface area contributed by atoms with Gasteiger partial charge in [0.2, 0.25) is 5.76 Å². The molecule has 7 heteroatoms. The summed E-state index contributed by atoms with van der Waals surface area (Å²) in [5.41, 5.74) is 0.166. The lowest BCUT2D eigenvalue weighted by Crippen LogP contribution is -2.34. The lowest BCUT2D eigenvalue weighted by Gasteiger charge is -2.17. The number of methoxy groups -OCH3 is 1. The molecule has 7 nitrogen and oxygen atoms in total. The lowest BCUT2D eigenvalue weighted by molar-refractivity contribution is 0.0927. The minimum atomic E-state index is -0.365. The van der Waals surface area contributed by atoms with E-state index in [1.54, 1.807) is 19.2 Å². The highest BCUT2D eigenvalue weighted by molar-refractivity contribution is 5.97. The Hall–Kier alpha value is -3.22. The van der Waals surface area contributed by atoms with Crippen molar-refractivity contribution < 1.29 is 23.1 Å². The number of furan rings is 1. The second kappa shape index (κ2) is 7.57. The first kappa shape index (κ1) is 16.6. The normalized spacial score (nSPS) is 11.8. The smallest absolute Gasteiger partial charge is 0.274 e. The monoisotopic (exact) mass is 342 g/mol. The maximum atomic E-state index is 12.3. The summed E-state index contributed by atoms with van der Waals surface area (Å²) < 4.78 is 21.5. The van der Waals surface area contributed by atoms with Crippen molar-refractivity contribution in [1.82, 2.24) is 10.3 Å². The molecule has 0 unspecified atom stereocenters. The molecule has 1 amide bonds. The maximum absolute atomic E-state index is 12.3. The molecule has 1 atom stereocenters. The van der Waals surface area contributed by atoms with Gasteiger partial charge in [-0.25, -0.2) is 4.98 Å². The Morgan fingerprint density at radius 3 is 2.72 bits per heavy atom. The van der Waals surface area contributed by atoms with Crippen LogP contribution < -0.4 is 14.8 Å². The van der Waals surface area contributed by atoms with Gasteiger partial charge in [0, 0.05) is 0 Å². The van der Waals surface area contributed by atoms with E-state index in [1.807, 2.05) is 31.2 Å². The zero-order valence-electron chi connectivity index (χ0n) is 13.9. The van der Waals surface area contributed by atoms with Crippen LogP contribution >= 0.6 is 0 Å². The van der Waals surface area contributed by atoms with Gasteiger partial charge in [-0.2, -0.15) is 0 Å². The second-order valence-corrected chi connectivity index (χ2v) is 5.30. The summed E-state index contributed by atoms with van der Waals surface area (Å²) >= 11 is 0. The van der Waals surface area contributed by atoms with Crippen LogP contribution in [0.5, 0.6) is 11.5 Å². The van der Waals surface area contributed by atoms with Crippen LogP contribution in [0.2, 0.25) is 0 Å². The summed E-state index contributed by atoms with van der Waals surface area (Å²) in [6.07, 6.45) is 2.45. The third kappa shape index (κ3) is 3.82. The molecular weight excluding hydrogens is 324 g/mol. The molecule has 130 valence electrons. The second-order valence-electron chi connectivity index (χ2n) is 5.30. The van der Waals surface area contributed by atoms with Gasteiger partial charge < -0.3 is 23.6 Å². The van der Waals surface area contributed by atoms with Crippen molar-refractivity contribution in [2.45, 2.75) is 13.0 Å². The van der Waals surface area contributed by atoms with Crippen LogP contribution in [0.1, 0.15) is 17.4 Å². The van der Waals surface area contributed by atoms with Crippen LogP contribution in [0, 0.1) is 0 Å². The molecule has 0 bridgehead atoms. The van der Waals surface area contributed by atoms with Gasteiger partial charge in [-0.05, 0) is 31.2 Å². The molecule has 0 spiro atoms. The van der Waals surface area contributed by atoms with E-state index < -0.39 is 0 Å². The number of ether oxygens (including phenoxy) is 2. The topological polar surface area (TPSA) is 86.7 Å². The number of para-hydroxylation sites is 2. The Morgan fingerprint density at radius 1 is 1.20 bits per heavy atom. The van der Waals surface area contributed by atoms with E-state index in [4.69, 9.17) is 18.3 Å². The molecule has 0 saturated heterocycles. The number of nitrogens with one attached hydrogen (secondary N) is 1. The van der Waals surface area contributed by atoms with Crippen molar-refractivity contribution in [3.8, 4) is 23.0 Å². The fraction of sp³-hybridized carbons (Fsp3) is 0.222. The van der Waals surface area contributed by atoms with Crippen molar-refractivity contribution in [2.24, 2.45) is 0 Å². The summed E-state index contributed by atoms with van der Waals surface area (Å²) in [6.45, 7) is 2.14. The number of hydrogen-bond acceptors (Lipinski definition) is 6. The molecule has 0 aliphatic rings. The van der Waals surface area contributed by atoms with Crippen LogP contribution in [-0.2, 0) is 0 Å². The van der Waals surface area contributed by atoms with E-state index in [0.717, 1.165) is 0 Å². The highest BCUT2D eigenvalue weighted by atomic mass is 16.5. The molecule has 1 aromatic carbocycles. The number of nitrogens with zero attached hydrogens (tertiary/aromatic N) is 1. The van der Waals surface area contributed by atoms with Crippen molar-refractivity contribution in [3.63, 3.8) is 0 Å². The van der Waals surface area contributed by atoms with Crippen molar-refractivity contribution >= 4 is 5.91 Å². The summed E-state index contributed by atoms with van der Waals surface area (Å²) in [6, 6.07) is 10.7. The Bertz CT molecular complexity index is 826. The quantitative estimate of drug-likeness (QED) is 0.710. The standard InChI is InChI=1S/C18H18N2O5/c1-12(25-14-7-4-3-6-13(14)22-2)10-19-18(21)16-17(24-11-20-16)15-8-5-9-23-15/h3-9,11-12H,10H2,1-2H3,(H,19,21)/t12-/m0/s1. The molecule has 0 aliphatic carbocycles. The van der Waals surface area contributed by atoms with Crippen molar-refractivity contribution in [3.05, 3.63) is 54.7 Å². The van der Waals surface area contributed by atoms with E-state index in [-0.39, 0.29) is 17.7 Å². The molecule has 1 N–H and O–H groups in total. The molecule has 3 aromatic rings. The average Bonchev–Trinajstić information content (AvgIpc) is 3.31. The largest absolute Gasteiger partial charge is 0.493 e. The lowest BCUT2D eigenvalue weighted by atomic mass is 10.2. The Kier molecular flexibility index (Phi) is 5.03. The molecule has 2 heterocycles. The first-order valence-electron chi connectivity index (χ1n) is 7.74. The van der Waals surface area contributed by atoms with E-state index in [0.29, 0.717) is 29.6 Å². The predicted octanol–water partition coefficient (Wildman–Crippen LogP) is 3.14. The Labute approximate surface area is 144 Å². The van der Waals surface area contributed by atoms with Crippen LogP contribution in [-0.4, -0.2) is 30.6 Å². The van der Waals surface area contributed by atoms with Crippen LogP contribution in [0.3, 0.4) is 0 Å². The minimum Gasteiger partial charge on any atom is -0.493 e. The number of rotatable bonds is 7. The van der Waals surface area contributed by atoms with Gasteiger partial charge in [0.25, 0.3) is 5.91 Å². The van der Waals surface area contributed by atoms with Gasteiger partial charge in [-0.15, -0.1) is 0 Å². The maximum Gasteiger partial charge on any atom is 0.274 e. The molecule has 0 fully saturated rings. The highest BCUT2D eigenvalue weighted by Crippen LogP contribution is 2.27. The predicted molar refractivity (Wildman–Crippen MR) is 89.6 cm³/mol. The van der Waals surface area contributed by atoms with Gasteiger partial charge in [0.1, 0.15) is 6.10 Å². The minimum absolute atomic E-state index is 0.166. The SMILES string of the molecule is COc1ccccc1O[C@@H](C)CNC(=O)c1ncoc1-c1ccco1. The first-order chi connectivity index (χ1) is 12.2. The van der Waals surface area contributed by atoms with E-state index >= 15 is 0 Å². The van der Waals surface area contributed by atoms with E-state index in [1.165, 1.54) is 12.7 Å². The molecule has 0 saturated carbocycles. The number of amides is 1. The summed E-state index contributed by atoms with van der Waals surface area (Å²) in [5.74, 6) is 1.62. The number of oxazole rings is 1. The number of carbonyl (C=O) groups is 1. The van der Waals surface area contributed by atoms with Crippen molar-refractivity contribution in [2.75, 3.05) is 13.7 Å². The van der Waals surface area contributed by atoms with Crippen LogP contribution in [0.15, 0.2) is 57.9 Å². The first-order valence-corrected chi connectivity index (χ1v) is 7.74. The summed E-state index contributed by atoms with van der Waals surface area (Å²) in [5, 5.41) is 2.78. The molecule has 2 aromatic heterocycles. The van der Waals surface area contributed by atoms with Crippen LogP contribution in [0.25, 0.3) is 11.5 Å². The Balaban J connectivity index is 1.60. The van der Waals surface area contributed by atoms with Crippen molar-refractivity contribution in [1.29, 1.82) is 0 Å². The van der Waals surface area contributed by atoms with Gasteiger partial charge in [0.15, 0.2) is 29.3 Å². The summed E-state index contributed by atoms with van der Waals surface area (Å²) in [7, 11) is 1.58. The fourth-order valence-electron chi connectivity index (χ4n) is 2.29. The molecule has 3 rings (SSSR count). The molecule has 0 radical (unpaired) electrons. The Morgan fingerprint density at radius 2 is 2.00 bits per heavy atom. The third-order valence-corrected chi connectivity index (χ3v) is 3.47. The molecular formula is C18H18N2O5. The zero-order chi connectivity index (χ0) is 17.6. The molecule has 25 heavy (non-hydrogen) atoms. The highest BCUT2D eigenvalue weighted by Gasteiger charge is 2.20. The van der Waals surface area contributed by atoms with Crippen LogP contribution in [0.4, 0.5) is 0 Å². The third-order valence-electron chi connectivity index (χ3n) is 3.47. The number of carbonyl (C=O) groups excluding carboxylic acids is 1. The van der Waals surface area contributed by atoms with Gasteiger partial charge in [0.05, 0.1) is 19.9 Å². The number of aromatic nitrogens is 1. The van der Waals surface area contributed by atoms with Gasteiger partial charge in [-0.1, -0.05) is 12.1 Å².